The molecule has 0 bridgehead atoms. The summed E-state index contributed by atoms with van der Waals surface area (Å²) in [6.07, 6.45) is 1.03. The Bertz CT molecular complexity index is 249. The Hall–Kier alpha value is -0.410. The van der Waals surface area contributed by atoms with Gasteiger partial charge in [-0.1, -0.05) is 20.8 Å². The van der Waals surface area contributed by atoms with Crippen molar-refractivity contribution in [3.05, 3.63) is 16.6 Å². The van der Waals surface area contributed by atoms with Crippen LogP contribution in [-0.2, 0) is 6.42 Å². The van der Waals surface area contributed by atoms with Gasteiger partial charge in [0.25, 0.3) is 0 Å². The van der Waals surface area contributed by atoms with Crippen molar-refractivity contribution in [2.75, 3.05) is 6.54 Å². The van der Waals surface area contributed by atoms with Gasteiger partial charge in [0.1, 0.15) is 0 Å². The molecule has 1 unspecified atom stereocenters. The van der Waals surface area contributed by atoms with Crippen LogP contribution in [-0.4, -0.2) is 17.6 Å². The fourth-order valence-electron chi connectivity index (χ4n) is 1.08. The molecule has 0 amide bonds. The van der Waals surface area contributed by atoms with Crippen molar-refractivity contribution in [3.63, 3.8) is 0 Å². The van der Waals surface area contributed by atoms with Gasteiger partial charge in [-0.3, -0.25) is 0 Å². The van der Waals surface area contributed by atoms with Crippen molar-refractivity contribution in [1.82, 2.24) is 10.3 Å². The van der Waals surface area contributed by atoms with Crippen LogP contribution >= 0.6 is 11.3 Å². The molecule has 80 valence electrons. The molecule has 0 aromatic carbocycles. The maximum absolute atomic E-state index is 4.25. The Morgan fingerprint density at radius 1 is 1.50 bits per heavy atom. The monoisotopic (exact) mass is 212 g/mol. The summed E-state index contributed by atoms with van der Waals surface area (Å²) in [4.78, 5) is 4.25. The van der Waals surface area contributed by atoms with Gasteiger partial charge in [0.2, 0.25) is 0 Å². The van der Waals surface area contributed by atoms with Gasteiger partial charge in [-0.25, -0.2) is 4.98 Å². The van der Waals surface area contributed by atoms with Crippen molar-refractivity contribution in [2.45, 2.75) is 40.2 Å². The van der Waals surface area contributed by atoms with Crippen LogP contribution in [0.25, 0.3) is 0 Å². The number of rotatable bonds is 4. The fourth-order valence-corrected chi connectivity index (χ4v) is 1.68. The first-order chi connectivity index (χ1) is 6.50. The average molecular weight is 212 g/mol. The van der Waals surface area contributed by atoms with Crippen LogP contribution in [0, 0.1) is 5.41 Å². The number of hydrogen-bond donors (Lipinski definition) is 1. The van der Waals surface area contributed by atoms with Gasteiger partial charge in [-0.2, -0.15) is 0 Å². The largest absolute Gasteiger partial charge is 0.313 e. The minimum Gasteiger partial charge on any atom is -0.313 e. The van der Waals surface area contributed by atoms with Crippen LogP contribution in [0.4, 0.5) is 0 Å². The summed E-state index contributed by atoms with van der Waals surface area (Å²) in [6.45, 7) is 10.0. The summed E-state index contributed by atoms with van der Waals surface area (Å²) in [5, 5.41) is 5.64. The van der Waals surface area contributed by atoms with E-state index >= 15 is 0 Å². The molecule has 1 N–H and O–H groups in total. The van der Waals surface area contributed by atoms with Crippen LogP contribution in [0.1, 0.15) is 33.4 Å². The van der Waals surface area contributed by atoms with Gasteiger partial charge in [-0.15, -0.1) is 11.3 Å². The third-order valence-corrected chi connectivity index (χ3v) is 3.25. The number of hydrogen-bond acceptors (Lipinski definition) is 3. The molecule has 0 fully saturated rings. The molecule has 0 aliphatic rings. The molecule has 2 nitrogen and oxygen atoms in total. The van der Waals surface area contributed by atoms with Gasteiger partial charge < -0.3 is 5.32 Å². The average Bonchev–Trinajstić information content (AvgIpc) is 2.55. The minimum absolute atomic E-state index is 0.335. The second-order valence-electron chi connectivity index (χ2n) is 4.77. The molecule has 0 saturated carbocycles. The van der Waals surface area contributed by atoms with Gasteiger partial charge in [0.15, 0.2) is 0 Å². The van der Waals surface area contributed by atoms with E-state index in [4.69, 9.17) is 0 Å². The first kappa shape index (κ1) is 11.7. The van der Waals surface area contributed by atoms with Gasteiger partial charge in [0, 0.05) is 24.4 Å². The topological polar surface area (TPSA) is 24.9 Å². The molecule has 1 aromatic heterocycles. The molecule has 1 aromatic rings. The van der Waals surface area contributed by atoms with Crippen LogP contribution in [0.2, 0.25) is 0 Å². The van der Waals surface area contributed by atoms with Crippen molar-refractivity contribution in [2.24, 2.45) is 5.41 Å². The van der Waals surface area contributed by atoms with Crippen LogP contribution in [0.15, 0.2) is 10.9 Å². The van der Waals surface area contributed by atoms with Crippen LogP contribution < -0.4 is 5.32 Å². The molecule has 14 heavy (non-hydrogen) atoms. The first-order valence-electron chi connectivity index (χ1n) is 5.10. The van der Waals surface area contributed by atoms with Crippen molar-refractivity contribution in [1.29, 1.82) is 0 Å². The number of nitrogens with one attached hydrogen (secondary N) is 1. The summed E-state index contributed by atoms with van der Waals surface area (Å²) in [5.74, 6) is 0. The fraction of sp³-hybridized carbons (Fsp3) is 0.727. The van der Waals surface area contributed by atoms with E-state index in [9.17, 15) is 0 Å². The molecule has 1 rings (SSSR count). The third kappa shape index (κ3) is 3.76. The highest BCUT2D eigenvalue weighted by molar-refractivity contribution is 7.07. The van der Waals surface area contributed by atoms with Gasteiger partial charge >= 0.3 is 0 Å². The number of thiazole rings is 1. The molecule has 1 atom stereocenters. The summed E-state index contributed by atoms with van der Waals surface area (Å²) in [5.41, 5.74) is 3.42. The lowest BCUT2D eigenvalue weighted by Gasteiger charge is -2.28. The Kier molecular flexibility index (Phi) is 4.08. The van der Waals surface area contributed by atoms with E-state index in [1.54, 1.807) is 11.3 Å². The van der Waals surface area contributed by atoms with E-state index < -0.39 is 0 Å². The Morgan fingerprint density at radius 2 is 2.21 bits per heavy atom. The highest BCUT2D eigenvalue weighted by Gasteiger charge is 2.18. The minimum atomic E-state index is 0.335. The summed E-state index contributed by atoms with van der Waals surface area (Å²) >= 11 is 1.67. The maximum Gasteiger partial charge on any atom is 0.0794 e. The predicted octanol–water partition coefficient (Wildman–Crippen LogP) is 2.71. The first-order valence-corrected chi connectivity index (χ1v) is 6.05. The number of nitrogens with zero attached hydrogens (tertiary/aromatic N) is 1. The zero-order chi connectivity index (χ0) is 10.6. The summed E-state index contributed by atoms with van der Waals surface area (Å²) in [7, 11) is 0. The van der Waals surface area contributed by atoms with E-state index in [0.717, 1.165) is 13.0 Å². The lowest BCUT2D eigenvalue weighted by Crippen LogP contribution is -2.38. The van der Waals surface area contributed by atoms with Crippen LogP contribution in [0.5, 0.6) is 0 Å². The smallest absolute Gasteiger partial charge is 0.0794 e. The van der Waals surface area contributed by atoms with E-state index in [1.807, 2.05) is 5.51 Å². The second kappa shape index (κ2) is 4.89. The zero-order valence-electron chi connectivity index (χ0n) is 9.50. The maximum atomic E-state index is 4.25. The van der Waals surface area contributed by atoms with Crippen molar-refractivity contribution in [3.8, 4) is 0 Å². The van der Waals surface area contributed by atoms with E-state index in [1.165, 1.54) is 5.69 Å². The van der Waals surface area contributed by atoms with E-state index in [-0.39, 0.29) is 0 Å². The lowest BCUT2D eigenvalue weighted by molar-refractivity contribution is 0.288. The molecule has 3 heteroatoms. The van der Waals surface area contributed by atoms with Crippen molar-refractivity contribution < 1.29 is 0 Å². The Balaban J connectivity index is 2.22. The van der Waals surface area contributed by atoms with Crippen molar-refractivity contribution >= 4 is 11.3 Å². The molecule has 0 spiro atoms. The van der Waals surface area contributed by atoms with Gasteiger partial charge in [0.05, 0.1) is 11.2 Å². The SMILES string of the molecule is CC(NCCc1cscn1)C(C)(C)C. The molecule has 0 saturated heterocycles. The van der Waals surface area contributed by atoms with Gasteiger partial charge in [-0.05, 0) is 12.3 Å². The molecule has 0 radical (unpaired) electrons. The van der Waals surface area contributed by atoms with E-state index in [2.05, 4.69) is 43.4 Å². The summed E-state index contributed by atoms with van der Waals surface area (Å²) in [6, 6.07) is 0.543. The zero-order valence-corrected chi connectivity index (χ0v) is 10.3. The molecular weight excluding hydrogens is 192 g/mol. The number of aromatic nitrogens is 1. The Labute approximate surface area is 90.8 Å². The third-order valence-electron chi connectivity index (χ3n) is 2.61. The van der Waals surface area contributed by atoms with Crippen LogP contribution in [0.3, 0.4) is 0 Å². The predicted molar refractivity (Wildman–Crippen MR) is 62.7 cm³/mol. The standard InChI is InChI=1S/C11H20N2S/c1-9(11(2,3)4)12-6-5-10-7-14-8-13-10/h7-9,12H,5-6H2,1-4H3. The quantitative estimate of drug-likeness (QED) is 0.830. The Morgan fingerprint density at radius 3 is 2.71 bits per heavy atom. The highest BCUT2D eigenvalue weighted by atomic mass is 32.1. The molecular formula is C11H20N2S. The lowest BCUT2D eigenvalue weighted by atomic mass is 9.88. The molecule has 1 heterocycles. The molecule has 0 aliphatic carbocycles. The van der Waals surface area contributed by atoms with E-state index in [0.29, 0.717) is 11.5 Å². The highest BCUT2D eigenvalue weighted by Crippen LogP contribution is 2.18. The second-order valence-corrected chi connectivity index (χ2v) is 5.49. The molecule has 0 aliphatic heterocycles. The normalized spacial score (nSPS) is 14.3. The summed E-state index contributed by atoms with van der Waals surface area (Å²) < 4.78 is 0.